The molecule has 0 spiro atoms. The maximum Gasteiger partial charge on any atom is 0.328 e. The molecule has 0 aromatic rings. The molecule has 0 radical (unpaired) electrons. The second-order valence-corrected chi connectivity index (χ2v) is 2.96. The third-order valence-corrected chi connectivity index (χ3v) is 1.76. The van der Waals surface area contributed by atoms with Crippen molar-refractivity contribution in [1.82, 2.24) is 0 Å². The van der Waals surface area contributed by atoms with Crippen LogP contribution in [0.2, 0.25) is 0 Å². The standard InChI is InChI=1S/C6H7ClO2/c7-6(3-4-6)2-1-5(8)9/h1-2H,3-4H2,(H,8,9)/b2-1+. The minimum atomic E-state index is -0.929. The van der Waals surface area contributed by atoms with E-state index < -0.39 is 5.97 Å². The van der Waals surface area contributed by atoms with E-state index in [1.807, 2.05) is 0 Å². The first-order valence-corrected chi connectivity index (χ1v) is 3.11. The monoisotopic (exact) mass is 146 g/mol. The highest BCUT2D eigenvalue weighted by molar-refractivity contribution is 6.27. The molecule has 9 heavy (non-hydrogen) atoms. The lowest BCUT2D eigenvalue weighted by Gasteiger charge is -1.90. The number of carbonyl (C=O) groups is 1. The van der Waals surface area contributed by atoms with Crippen LogP contribution in [0.25, 0.3) is 0 Å². The highest BCUT2D eigenvalue weighted by atomic mass is 35.5. The van der Waals surface area contributed by atoms with Crippen molar-refractivity contribution < 1.29 is 9.90 Å². The van der Waals surface area contributed by atoms with Crippen LogP contribution in [0.1, 0.15) is 12.8 Å². The molecule has 0 unspecified atom stereocenters. The second kappa shape index (κ2) is 2.03. The largest absolute Gasteiger partial charge is 0.478 e. The lowest BCUT2D eigenvalue weighted by atomic mass is 10.3. The SMILES string of the molecule is O=C(O)/C=C/C1(Cl)CC1. The summed E-state index contributed by atoms with van der Waals surface area (Å²) in [5.74, 6) is -0.929. The van der Waals surface area contributed by atoms with Crippen LogP contribution in [0.3, 0.4) is 0 Å². The first kappa shape index (κ1) is 6.62. The number of carboxylic acids is 1. The van der Waals surface area contributed by atoms with Gasteiger partial charge in [-0.05, 0) is 12.8 Å². The predicted octanol–water partition coefficient (Wildman–Crippen LogP) is 1.40. The molecule has 50 valence electrons. The van der Waals surface area contributed by atoms with E-state index in [0.717, 1.165) is 18.9 Å². The number of hydrogen-bond donors (Lipinski definition) is 1. The van der Waals surface area contributed by atoms with Gasteiger partial charge in [-0.25, -0.2) is 4.79 Å². The summed E-state index contributed by atoms with van der Waals surface area (Å²) in [4.78, 5) is 9.62. The van der Waals surface area contributed by atoms with Crippen molar-refractivity contribution in [3.05, 3.63) is 12.2 Å². The molecule has 0 bridgehead atoms. The van der Waals surface area contributed by atoms with Gasteiger partial charge >= 0.3 is 5.97 Å². The Labute approximate surface area is 58.1 Å². The number of halogens is 1. The fraction of sp³-hybridized carbons (Fsp3) is 0.500. The molecule has 0 saturated heterocycles. The van der Waals surface area contributed by atoms with E-state index in [4.69, 9.17) is 16.7 Å². The summed E-state index contributed by atoms with van der Waals surface area (Å²) in [6, 6.07) is 0. The van der Waals surface area contributed by atoms with Gasteiger partial charge < -0.3 is 5.11 Å². The molecule has 1 saturated carbocycles. The van der Waals surface area contributed by atoms with Gasteiger partial charge in [0.1, 0.15) is 0 Å². The molecule has 0 heterocycles. The Morgan fingerprint density at radius 1 is 1.67 bits per heavy atom. The van der Waals surface area contributed by atoms with E-state index in [-0.39, 0.29) is 4.87 Å². The molecule has 1 rings (SSSR count). The van der Waals surface area contributed by atoms with Crippen LogP contribution in [0, 0.1) is 0 Å². The Morgan fingerprint density at radius 3 is 2.56 bits per heavy atom. The number of carboxylic acid groups (broad SMARTS) is 1. The molecular formula is C6H7ClO2. The minimum absolute atomic E-state index is 0.307. The molecule has 1 aliphatic rings. The number of hydrogen-bond acceptors (Lipinski definition) is 1. The summed E-state index contributed by atoms with van der Waals surface area (Å²) in [6.07, 6.45) is 4.44. The van der Waals surface area contributed by atoms with Crippen molar-refractivity contribution in [1.29, 1.82) is 0 Å². The summed E-state index contributed by atoms with van der Waals surface area (Å²) in [6.45, 7) is 0. The van der Waals surface area contributed by atoms with Crippen LogP contribution in [-0.4, -0.2) is 16.0 Å². The Morgan fingerprint density at radius 2 is 2.22 bits per heavy atom. The van der Waals surface area contributed by atoms with Gasteiger partial charge in [0.15, 0.2) is 0 Å². The van der Waals surface area contributed by atoms with E-state index in [9.17, 15) is 4.79 Å². The first-order valence-electron chi connectivity index (χ1n) is 2.73. The number of aliphatic carboxylic acids is 1. The normalized spacial score (nSPS) is 22.3. The summed E-state index contributed by atoms with van der Waals surface area (Å²) in [5, 5.41) is 8.16. The zero-order chi connectivity index (χ0) is 6.91. The summed E-state index contributed by atoms with van der Waals surface area (Å²) < 4.78 is 0. The van der Waals surface area contributed by atoms with Gasteiger partial charge in [0, 0.05) is 6.08 Å². The van der Waals surface area contributed by atoms with Crippen molar-refractivity contribution in [3.8, 4) is 0 Å². The fourth-order valence-corrected chi connectivity index (χ4v) is 0.664. The summed E-state index contributed by atoms with van der Waals surface area (Å²) in [7, 11) is 0. The van der Waals surface area contributed by atoms with Crippen LogP contribution in [-0.2, 0) is 4.79 Å². The van der Waals surface area contributed by atoms with E-state index in [1.165, 1.54) is 6.08 Å². The van der Waals surface area contributed by atoms with Crippen LogP contribution in [0.5, 0.6) is 0 Å². The maximum absolute atomic E-state index is 9.93. The molecule has 0 aliphatic heterocycles. The Balaban J connectivity index is 2.40. The molecular weight excluding hydrogens is 140 g/mol. The molecule has 1 fully saturated rings. The fourth-order valence-electron chi connectivity index (χ4n) is 0.507. The Hall–Kier alpha value is -0.500. The van der Waals surface area contributed by atoms with Gasteiger partial charge in [-0.15, -0.1) is 11.6 Å². The van der Waals surface area contributed by atoms with E-state index in [1.54, 1.807) is 0 Å². The van der Waals surface area contributed by atoms with Gasteiger partial charge in [-0.1, -0.05) is 6.08 Å². The van der Waals surface area contributed by atoms with Crippen LogP contribution >= 0.6 is 11.6 Å². The first-order chi connectivity index (χ1) is 4.12. The van der Waals surface area contributed by atoms with E-state index >= 15 is 0 Å². The highest BCUT2D eigenvalue weighted by Gasteiger charge is 2.37. The molecule has 3 heteroatoms. The van der Waals surface area contributed by atoms with Gasteiger partial charge in [0.2, 0.25) is 0 Å². The van der Waals surface area contributed by atoms with Crippen LogP contribution in [0.4, 0.5) is 0 Å². The molecule has 0 aromatic heterocycles. The minimum Gasteiger partial charge on any atom is -0.478 e. The van der Waals surface area contributed by atoms with Crippen LogP contribution in [0.15, 0.2) is 12.2 Å². The maximum atomic E-state index is 9.93. The van der Waals surface area contributed by atoms with Gasteiger partial charge in [-0.3, -0.25) is 0 Å². The topological polar surface area (TPSA) is 37.3 Å². The highest BCUT2D eigenvalue weighted by Crippen LogP contribution is 2.43. The lowest BCUT2D eigenvalue weighted by molar-refractivity contribution is -0.131. The van der Waals surface area contributed by atoms with Gasteiger partial charge in [-0.2, -0.15) is 0 Å². The molecule has 0 amide bonds. The average molecular weight is 147 g/mol. The van der Waals surface area contributed by atoms with Crippen molar-refractivity contribution in [2.24, 2.45) is 0 Å². The zero-order valence-corrected chi connectivity index (χ0v) is 5.56. The van der Waals surface area contributed by atoms with Crippen LogP contribution < -0.4 is 0 Å². The second-order valence-electron chi connectivity index (χ2n) is 2.21. The number of allylic oxidation sites excluding steroid dienone is 1. The Bertz CT molecular complexity index is 158. The average Bonchev–Trinajstić information content (AvgIpc) is 2.45. The molecule has 1 aliphatic carbocycles. The van der Waals surface area contributed by atoms with Crippen molar-refractivity contribution in [2.75, 3.05) is 0 Å². The summed E-state index contributed by atoms with van der Waals surface area (Å²) >= 11 is 5.74. The van der Waals surface area contributed by atoms with Crippen molar-refractivity contribution in [3.63, 3.8) is 0 Å². The van der Waals surface area contributed by atoms with E-state index in [0.29, 0.717) is 0 Å². The van der Waals surface area contributed by atoms with E-state index in [2.05, 4.69) is 0 Å². The van der Waals surface area contributed by atoms with Crippen molar-refractivity contribution in [2.45, 2.75) is 17.7 Å². The summed E-state index contributed by atoms with van der Waals surface area (Å²) in [5.41, 5.74) is 0. The van der Waals surface area contributed by atoms with Crippen molar-refractivity contribution >= 4 is 17.6 Å². The quantitative estimate of drug-likeness (QED) is 0.472. The lowest BCUT2D eigenvalue weighted by Crippen LogP contribution is -1.93. The number of rotatable bonds is 2. The van der Waals surface area contributed by atoms with Gasteiger partial charge in [0.05, 0.1) is 4.87 Å². The molecule has 2 nitrogen and oxygen atoms in total. The number of alkyl halides is 1. The third kappa shape index (κ3) is 2.06. The molecule has 0 atom stereocenters. The predicted molar refractivity (Wildman–Crippen MR) is 34.6 cm³/mol. The molecule has 1 N–H and O–H groups in total. The smallest absolute Gasteiger partial charge is 0.328 e. The zero-order valence-electron chi connectivity index (χ0n) is 4.80. The third-order valence-electron chi connectivity index (χ3n) is 1.25. The van der Waals surface area contributed by atoms with Gasteiger partial charge in [0.25, 0.3) is 0 Å². The molecule has 0 aromatic carbocycles. The Kier molecular flexibility index (Phi) is 1.49.